The first-order chi connectivity index (χ1) is 17.8. The van der Waals surface area contributed by atoms with Crippen molar-refractivity contribution in [3.8, 4) is 46.4 Å². The Morgan fingerprint density at radius 3 is 2.19 bits per heavy atom. The molecular formula is C33H34N4. The Morgan fingerprint density at radius 2 is 1.54 bits per heavy atom. The first kappa shape index (κ1) is 25.9. The van der Waals surface area contributed by atoms with Crippen LogP contribution >= 0.6 is 0 Å². The summed E-state index contributed by atoms with van der Waals surface area (Å²) in [6.45, 7) is 12.8. The molecule has 0 saturated heterocycles. The standard InChI is InChI=1S/C33H34N4/c1-7-9-12-20-33(6,8-2)29-17-11-10-16-27(29)31-35-36-32(28-21-26(22-34)19-18-23(28)3)37(31)30-24(4)14-13-15-25(30)5/h10-11,13-19,21H,8,12,20H2,1-6H3. The predicted molar refractivity (Wildman–Crippen MR) is 151 cm³/mol. The zero-order valence-electron chi connectivity index (χ0n) is 22.7. The predicted octanol–water partition coefficient (Wildman–Crippen LogP) is 7.87. The minimum absolute atomic E-state index is 0.0607. The van der Waals surface area contributed by atoms with Crippen molar-refractivity contribution in [1.82, 2.24) is 14.8 Å². The molecule has 37 heavy (non-hydrogen) atoms. The van der Waals surface area contributed by atoms with Gasteiger partial charge in [-0.2, -0.15) is 5.26 Å². The van der Waals surface area contributed by atoms with E-state index < -0.39 is 0 Å². The molecule has 1 aromatic heterocycles. The van der Waals surface area contributed by atoms with E-state index in [4.69, 9.17) is 10.2 Å². The second kappa shape index (κ2) is 10.9. The topological polar surface area (TPSA) is 54.5 Å². The molecule has 0 fully saturated rings. The molecule has 186 valence electrons. The lowest BCUT2D eigenvalue weighted by molar-refractivity contribution is 0.426. The van der Waals surface area contributed by atoms with E-state index in [0.717, 1.165) is 64.4 Å². The van der Waals surface area contributed by atoms with Gasteiger partial charge in [0.15, 0.2) is 11.6 Å². The molecule has 1 unspecified atom stereocenters. The Balaban J connectivity index is 2.05. The number of nitriles is 1. The van der Waals surface area contributed by atoms with Gasteiger partial charge in [0.05, 0.1) is 17.3 Å². The van der Waals surface area contributed by atoms with Crippen LogP contribution in [-0.4, -0.2) is 14.8 Å². The molecule has 0 saturated carbocycles. The zero-order chi connectivity index (χ0) is 26.6. The van der Waals surface area contributed by atoms with Crippen molar-refractivity contribution in [2.24, 2.45) is 0 Å². The van der Waals surface area contributed by atoms with E-state index >= 15 is 0 Å². The Bertz CT molecular complexity index is 1520. The van der Waals surface area contributed by atoms with Crippen LogP contribution in [0.3, 0.4) is 0 Å². The van der Waals surface area contributed by atoms with Crippen LogP contribution in [0, 0.1) is 43.9 Å². The van der Waals surface area contributed by atoms with Crippen LogP contribution in [0.5, 0.6) is 0 Å². The van der Waals surface area contributed by atoms with Crippen LogP contribution < -0.4 is 0 Å². The van der Waals surface area contributed by atoms with E-state index in [2.05, 4.69) is 99.6 Å². The molecule has 0 radical (unpaired) electrons. The van der Waals surface area contributed by atoms with E-state index in [1.54, 1.807) is 0 Å². The molecule has 4 nitrogen and oxygen atoms in total. The van der Waals surface area contributed by atoms with Gasteiger partial charge < -0.3 is 0 Å². The largest absolute Gasteiger partial charge is 0.274 e. The number of aryl methyl sites for hydroxylation is 3. The first-order valence-electron chi connectivity index (χ1n) is 12.9. The molecule has 0 spiro atoms. The third-order valence-corrected chi connectivity index (χ3v) is 7.51. The van der Waals surface area contributed by atoms with Crippen LogP contribution in [-0.2, 0) is 5.41 Å². The van der Waals surface area contributed by atoms with E-state index in [-0.39, 0.29) is 5.41 Å². The van der Waals surface area contributed by atoms with Gasteiger partial charge in [-0.05, 0) is 80.3 Å². The number of aromatic nitrogens is 3. The third kappa shape index (κ3) is 4.93. The molecule has 3 aromatic carbocycles. The highest BCUT2D eigenvalue weighted by atomic mass is 15.3. The molecule has 0 aliphatic carbocycles. The van der Waals surface area contributed by atoms with Gasteiger partial charge in [0.2, 0.25) is 0 Å². The van der Waals surface area contributed by atoms with Crippen molar-refractivity contribution in [2.75, 3.05) is 0 Å². The molecule has 0 N–H and O–H groups in total. The summed E-state index contributed by atoms with van der Waals surface area (Å²) >= 11 is 0. The Kier molecular flexibility index (Phi) is 7.61. The molecule has 0 aliphatic heterocycles. The molecule has 4 aromatic rings. The highest BCUT2D eigenvalue weighted by Gasteiger charge is 2.30. The fraction of sp³-hybridized carbons (Fsp3) is 0.303. The van der Waals surface area contributed by atoms with Gasteiger partial charge in [-0.1, -0.05) is 62.4 Å². The molecule has 0 amide bonds. The van der Waals surface area contributed by atoms with Crippen molar-refractivity contribution in [2.45, 2.75) is 66.2 Å². The minimum Gasteiger partial charge on any atom is -0.274 e. The van der Waals surface area contributed by atoms with Crippen LogP contribution in [0.2, 0.25) is 0 Å². The van der Waals surface area contributed by atoms with Crippen LogP contribution in [0.25, 0.3) is 28.5 Å². The highest BCUT2D eigenvalue weighted by Crippen LogP contribution is 2.41. The number of benzene rings is 3. The number of hydrogen-bond donors (Lipinski definition) is 0. The lowest BCUT2D eigenvalue weighted by Gasteiger charge is -2.30. The summed E-state index contributed by atoms with van der Waals surface area (Å²) in [5.41, 5.74) is 8.20. The number of rotatable bonds is 7. The second-order valence-electron chi connectivity index (χ2n) is 9.95. The van der Waals surface area contributed by atoms with Gasteiger partial charge in [-0.3, -0.25) is 4.57 Å². The molecule has 1 atom stereocenters. The van der Waals surface area contributed by atoms with E-state index in [1.165, 1.54) is 5.56 Å². The summed E-state index contributed by atoms with van der Waals surface area (Å²) in [6, 6.07) is 22.9. The summed E-state index contributed by atoms with van der Waals surface area (Å²) in [7, 11) is 0. The van der Waals surface area contributed by atoms with Crippen LogP contribution in [0.4, 0.5) is 0 Å². The average molecular weight is 487 g/mol. The fourth-order valence-corrected chi connectivity index (χ4v) is 5.11. The van der Waals surface area contributed by atoms with Crippen molar-refractivity contribution in [1.29, 1.82) is 5.26 Å². The third-order valence-electron chi connectivity index (χ3n) is 7.51. The van der Waals surface area contributed by atoms with E-state index in [1.807, 2.05) is 25.1 Å². The summed E-state index contributed by atoms with van der Waals surface area (Å²) in [6.07, 6.45) is 2.81. The lowest BCUT2D eigenvalue weighted by Crippen LogP contribution is -2.22. The second-order valence-corrected chi connectivity index (χ2v) is 9.95. The van der Waals surface area contributed by atoms with Gasteiger partial charge in [0, 0.05) is 17.5 Å². The van der Waals surface area contributed by atoms with Crippen LogP contribution in [0.15, 0.2) is 60.7 Å². The maximum atomic E-state index is 9.60. The monoisotopic (exact) mass is 486 g/mol. The Hall–Kier alpha value is -4.15. The van der Waals surface area contributed by atoms with Gasteiger partial charge >= 0.3 is 0 Å². The molecule has 4 rings (SSSR count). The molecule has 1 heterocycles. The first-order valence-corrected chi connectivity index (χ1v) is 12.9. The van der Waals surface area contributed by atoms with Gasteiger partial charge in [0.1, 0.15) is 0 Å². The summed E-state index contributed by atoms with van der Waals surface area (Å²) in [5.74, 6) is 7.85. The number of nitrogens with zero attached hydrogens (tertiary/aromatic N) is 4. The normalized spacial score (nSPS) is 12.4. The molecule has 4 heteroatoms. The number of para-hydroxylation sites is 1. The van der Waals surface area contributed by atoms with Crippen molar-refractivity contribution < 1.29 is 0 Å². The average Bonchev–Trinajstić information content (AvgIpc) is 3.33. The van der Waals surface area contributed by atoms with Crippen molar-refractivity contribution in [3.63, 3.8) is 0 Å². The minimum atomic E-state index is -0.0607. The molecule has 0 bridgehead atoms. The van der Waals surface area contributed by atoms with Crippen LogP contribution in [0.1, 0.15) is 67.9 Å². The molecular weight excluding hydrogens is 452 g/mol. The maximum absolute atomic E-state index is 9.60. The Labute approximate surface area is 221 Å². The zero-order valence-corrected chi connectivity index (χ0v) is 22.7. The summed E-state index contributed by atoms with van der Waals surface area (Å²) in [5, 5.41) is 19.2. The van der Waals surface area contributed by atoms with Gasteiger partial charge in [-0.15, -0.1) is 22.0 Å². The van der Waals surface area contributed by atoms with Gasteiger partial charge in [0.25, 0.3) is 0 Å². The highest BCUT2D eigenvalue weighted by molar-refractivity contribution is 5.73. The lowest BCUT2D eigenvalue weighted by atomic mass is 9.74. The SMILES string of the molecule is CC#CCCC(C)(CC)c1ccccc1-c1nnc(-c2cc(C#N)ccc2C)n1-c1c(C)cccc1C. The molecule has 0 aliphatic rings. The Morgan fingerprint density at radius 1 is 0.865 bits per heavy atom. The maximum Gasteiger partial charge on any atom is 0.169 e. The van der Waals surface area contributed by atoms with E-state index in [0.29, 0.717) is 5.56 Å². The summed E-state index contributed by atoms with van der Waals surface area (Å²) < 4.78 is 2.19. The van der Waals surface area contributed by atoms with E-state index in [9.17, 15) is 5.26 Å². The van der Waals surface area contributed by atoms with Crippen molar-refractivity contribution in [3.05, 3.63) is 88.5 Å². The quantitative estimate of drug-likeness (QED) is 0.250. The fourth-order valence-electron chi connectivity index (χ4n) is 5.11. The number of hydrogen-bond acceptors (Lipinski definition) is 3. The van der Waals surface area contributed by atoms with Crippen molar-refractivity contribution >= 4 is 0 Å². The van der Waals surface area contributed by atoms with Gasteiger partial charge in [-0.25, -0.2) is 0 Å². The smallest absolute Gasteiger partial charge is 0.169 e. The summed E-state index contributed by atoms with van der Waals surface area (Å²) in [4.78, 5) is 0.